The Balaban J connectivity index is 2.90. The molecule has 4 heteroatoms. The Hall–Kier alpha value is -1.00. The van der Waals surface area contributed by atoms with E-state index in [0.29, 0.717) is 6.61 Å². The molecule has 0 fully saturated rings. The van der Waals surface area contributed by atoms with Crippen LogP contribution in [0, 0.1) is 0 Å². The zero-order chi connectivity index (χ0) is 12.7. The van der Waals surface area contributed by atoms with Crippen LogP contribution in [0.3, 0.4) is 0 Å². The van der Waals surface area contributed by atoms with E-state index in [1.54, 1.807) is 7.11 Å². The molecule has 1 rings (SSSR count). The van der Waals surface area contributed by atoms with Gasteiger partial charge in [-0.25, -0.2) is 0 Å². The van der Waals surface area contributed by atoms with Crippen molar-refractivity contribution < 1.29 is 9.47 Å². The van der Waals surface area contributed by atoms with E-state index in [0.717, 1.165) is 34.5 Å². The smallest absolute Gasteiger partial charge is 0.175 e. The minimum Gasteiger partial charge on any atom is -0.493 e. The summed E-state index contributed by atoms with van der Waals surface area (Å²) in [4.78, 5) is 0. The molecule has 1 aromatic carbocycles. The number of rotatable bonds is 7. The fraction of sp³-hybridized carbons (Fsp3) is 0.385. The molecule has 0 bridgehead atoms. The molecule has 0 spiro atoms. The predicted octanol–water partition coefficient (Wildman–Crippen LogP) is 3.13. The summed E-state index contributed by atoms with van der Waals surface area (Å²) < 4.78 is 11.9. The maximum absolute atomic E-state index is 5.67. The Morgan fingerprint density at radius 1 is 1.47 bits per heavy atom. The third kappa shape index (κ3) is 4.06. The number of halogens is 1. The molecule has 0 amide bonds. The van der Waals surface area contributed by atoms with E-state index >= 15 is 0 Å². The van der Waals surface area contributed by atoms with E-state index < -0.39 is 0 Å². The van der Waals surface area contributed by atoms with Crippen molar-refractivity contribution in [1.29, 1.82) is 0 Å². The second-order valence-electron chi connectivity index (χ2n) is 3.57. The Morgan fingerprint density at radius 3 is 2.82 bits per heavy atom. The minimum absolute atomic E-state index is 0.601. The zero-order valence-electron chi connectivity index (χ0n) is 10.3. The summed E-state index contributed by atoms with van der Waals surface area (Å²) in [6.07, 6.45) is 2.64. The highest BCUT2D eigenvalue weighted by Crippen LogP contribution is 2.36. The van der Waals surface area contributed by atoms with Crippen molar-refractivity contribution in [3.05, 3.63) is 34.8 Å². The molecule has 1 aromatic rings. The first kappa shape index (κ1) is 14.1. The monoisotopic (exact) mass is 299 g/mol. The second-order valence-corrected chi connectivity index (χ2v) is 4.42. The Morgan fingerprint density at radius 2 is 2.24 bits per heavy atom. The first-order chi connectivity index (χ1) is 8.22. The molecule has 0 radical (unpaired) electrons. The van der Waals surface area contributed by atoms with Crippen molar-refractivity contribution in [2.24, 2.45) is 0 Å². The number of hydrogen-bond acceptors (Lipinski definition) is 3. The normalized spacial score (nSPS) is 10.1. The van der Waals surface area contributed by atoms with Crippen LogP contribution in [0.2, 0.25) is 0 Å². The van der Waals surface area contributed by atoms with Crippen molar-refractivity contribution in [2.75, 3.05) is 20.8 Å². The van der Waals surface area contributed by atoms with E-state index in [-0.39, 0.29) is 0 Å². The highest BCUT2D eigenvalue weighted by atomic mass is 79.9. The summed E-state index contributed by atoms with van der Waals surface area (Å²) in [6.45, 7) is 5.06. The zero-order valence-corrected chi connectivity index (χ0v) is 11.8. The van der Waals surface area contributed by atoms with Crippen molar-refractivity contribution in [3.63, 3.8) is 0 Å². The lowest BCUT2D eigenvalue weighted by Crippen LogP contribution is -2.06. The molecule has 94 valence electrons. The summed E-state index contributed by atoms with van der Waals surface area (Å²) in [5.74, 6) is 1.49. The lowest BCUT2D eigenvalue weighted by molar-refractivity contribution is 0.297. The van der Waals surface area contributed by atoms with Gasteiger partial charge < -0.3 is 14.8 Å². The third-order valence-corrected chi connectivity index (χ3v) is 2.83. The number of benzene rings is 1. The van der Waals surface area contributed by atoms with E-state index in [9.17, 15) is 0 Å². The molecule has 0 aliphatic carbocycles. The second kappa shape index (κ2) is 7.35. The predicted molar refractivity (Wildman–Crippen MR) is 73.8 cm³/mol. The summed E-state index contributed by atoms with van der Waals surface area (Å²) in [6, 6.07) is 4.01. The van der Waals surface area contributed by atoms with Crippen LogP contribution in [0.1, 0.15) is 12.0 Å². The number of ether oxygens (including phenoxy) is 2. The van der Waals surface area contributed by atoms with Crippen LogP contribution in [0.5, 0.6) is 11.5 Å². The average Bonchev–Trinajstić information content (AvgIpc) is 2.32. The van der Waals surface area contributed by atoms with Gasteiger partial charge in [0.2, 0.25) is 0 Å². The van der Waals surface area contributed by atoms with Crippen molar-refractivity contribution in [2.45, 2.75) is 13.0 Å². The molecule has 0 aromatic heterocycles. The van der Waals surface area contributed by atoms with E-state index in [1.165, 1.54) is 0 Å². The van der Waals surface area contributed by atoms with Crippen LogP contribution < -0.4 is 14.8 Å². The van der Waals surface area contributed by atoms with Gasteiger partial charge in [0.05, 0.1) is 18.2 Å². The molecule has 3 nitrogen and oxygen atoms in total. The van der Waals surface area contributed by atoms with Gasteiger partial charge in [0, 0.05) is 6.54 Å². The van der Waals surface area contributed by atoms with Gasteiger partial charge in [0.1, 0.15) is 0 Å². The van der Waals surface area contributed by atoms with Crippen LogP contribution in [0.4, 0.5) is 0 Å². The summed E-state index contributed by atoms with van der Waals surface area (Å²) in [5.41, 5.74) is 1.15. The van der Waals surface area contributed by atoms with Gasteiger partial charge in [0.25, 0.3) is 0 Å². The number of hydrogen-bond donors (Lipinski definition) is 1. The molecule has 0 aliphatic rings. The maximum Gasteiger partial charge on any atom is 0.175 e. The standard InChI is InChI=1S/C13H18BrNO2/c1-4-5-6-17-13-11(14)7-10(9-15-2)8-12(13)16-3/h4,7-8,15H,1,5-6,9H2,2-3H3. The first-order valence-electron chi connectivity index (χ1n) is 5.47. The molecule has 1 N–H and O–H groups in total. The molecule has 0 saturated carbocycles. The van der Waals surface area contributed by atoms with Crippen molar-refractivity contribution >= 4 is 15.9 Å². The quantitative estimate of drug-likeness (QED) is 0.620. The summed E-state index contributed by atoms with van der Waals surface area (Å²) in [7, 11) is 3.56. The van der Waals surface area contributed by atoms with Gasteiger partial charge in [-0.3, -0.25) is 0 Å². The van der Waals surface area contributed by atoms with E-state index in [4.69, 9.17) is 9.47 Å². The maximum atomic E-state index is 5.67. The topological polar surface area (TPSA) is 30.5 Å². The van der Waals surface area contributed by atoms with Gasteiger partial charge in [-0.1, -0.05) is 6.08 Å². The van der Waals surface area contributed by atoms with E-state index in [1.807, 2.05) is 25.3 Å². The van der Waals surface area contributed by atoms with Gasteiger partial charge >= 0.3 is 0 Å². The molecule has 0 aliphatic heterocycles. The van der Waals surface area contributed by atoms with E-state index in [2.05, 4.69) is 27.8 Å². The van der Waals surface area contributed by atoms with Crippen LogP contribution in [0.15, 0.2) is 29.3 Å². The molecule has 17 heavy (non-hydrogen) atoms. The van der Waals surface area contributed by atoms with Crippen molar-refractivity contribution in [1.82, 2.24) is 5.32 Å². The molecule has 0 unspecified atom stereocenters. The minimum atomic E-state index is 0.601. The fourth-order valence-electron chi connectivity index (χ4n) is 1.46. The highest BCUT2D eigenvalue weighted by molar-refractivity contribution is 9.10. The van der Waals surface area contributed by atoms with Crippen LogP contribution in [0.25, 0.3) is 0 Å². The Bertz CT molecular complexity index is 380. The summed E-state index contributed by atoms with van der Waals surface area (Å²) >= 11 is 3.50. The van der Waals surface area contributed by atoms with Crippen LogP contribution in [-0.4, -0.2) is 20.8 Å². The third-order valence-electron chi connectivity index (χ3n) is 2.24. The molecule has 0 saturated heterocycles. The van der Waals surface area contributed by atoms with Gasteiger partial charge in [-0.15, -0.1) is 6.58 Å². The molecular weight excluding hydrogens is 282 g/mol. The Labute approximate surface area is 111 Å². The first-order valence-corrected chi connectivity index (χ1v) is 6.27. The largest absolute Gasteiger partial charge is 0.493 e. The highest BCUT2D eigenvalue weighted by Gasteiger charge is 2.11. The van der Waals surface area contributed by atoms with Gasteiger partial charge in [-0.2, -0.15) is 0 Å². The van der Waals surface area contributed by atoms with Crippen LogP contribution >= 0.6 is 15.9 Å². The van der Waals surface area contributed by atoms with Crippen LogP contribution in [-0.2, 0) is 6.54 Å². The average molecular weight is 300 g/mol. The summed E-state index contributed by atoms with van der Waals surface area (Å²) in [5, 5.41) is 3.10. The molecular formula is C13H18BrNO2. The fourth-order valence-corrected chi connectivity index (χ4v) is 2.07. The number of nitrogens with one attached hydrogen (secondary N) is 1. The van der Waals surface area contributed by atoms with Crippen molar-refractivity contribution in [3.8, 4) is 11.5 Å². The molecule has 0 heterocycles. The van der Waals surface area contributed by atoms with Gasteiger partial charge in [-0.05, 0) is 47.1 Å². The Kier molecular flexibility index (Phi) is 6.08. The SMILES string of the molecule is C=CCCOc1c(Br)cc(CNC)cc1OC. The number of methoxy groups -OCH3 is 1. The van der Waals surface area contributed by atoms with Gasteiger partial charge in [0.15, 0.2) is 11.5 Å². The lowest BCUT2D eigenvalue weighted by atomic mass is 10.2. The molecule has 0 atom stereocenters. The lowest BCUT2D eigenvalue weighted by Gasteiger charge is -2.13.